The number of pyridine rings is 1. The van der Waals surface area contributed by atoms with Crippen LogP contribution in [0.1, 0.15) is 51.3 Å². The third-order valence-corrected chi connectivity index (χ3v) is 5.29. The van der Waals surface area contributed by atoms with E-state index in [-0.39, 0.29) is 5.91 Å². The lowest BCUT2D eigenvalue weighted by atomic mass is 9.89. The number of hydrogen-bond acceptors (Lipinski definition) is 6. The van der Waals surface area contributed by atoms with Gasteiger partial charge in [0.05, 0.1) is 5.56 Å². The maximum absolute atomic E-state index is 12.1. The van der Waals surface area contributed by atoms with Crippen molar-refractivity contribution < 1.29 is 9.21 Å². The molecule has 1 aliphatic heterocycles. The number of nitrogens with one attached hydrogen (secondary N) is 2. The molecule has 0 aromatic carbocycles. The summed E-state index contributed by atoms with van der Waals surface area (Å²) in [5, 5.41) is 14.7. The quantitative estimate of drug-likeness (QED) is 0.888. The summed E-state index contributed by atoms with van der Waals surface area (Å²) < 4.78 is 5.89. The first-order valence-electron chi connectivity index (χ1n) is 9.01. The van der Waals surface area contributed by atoms with Gasteiger partial charge in [-0.25, -0.2) is 4.98 Å². The van der Waals surface area contributed by atoms with E-state index in [0.29, 0.717) is 30.8 Å². The molecule has 2 fully saturated rings. The summed E-state index contributed by atoms with van der Waals surface area (Å²) in [6, 6.07) is 4.21. The zero-order chi connectivity index (χ0) is 17.3. The third kappa shape index (κ3) is 2.99. The number of rotatable bonds is 4. The summed E-state index contributed by atoms with van der Waals surface area (Å²) in [5.41, 5.74) is 0.0403. The lowest BCUT2D eigenvalue weighted by molar-refractivity contribution is -0.124. The van der Waals surface area contributed by atoms with Crippen LogP contribution in [0.5, 0.6) is 0 Å². The Morgan fingerprint density at radius 2 is 2.12 bits per heavy atom. The molecule has 0 bridgehead atoms. The van der Waals surface area contributed by atoms with Crippen LogP contribution in [0.4, 0.5) is 5.82 Å². The fourth-order valence-corrected chi connectivity index (χ4v) is 3.63. The highest BCUT2D eigenvalue weighted by molar-refractivity contribution is 5.88. The normalized spacial score (nSPS) is 24.3. The van der Waals surface area contributed by atoms with Crippen LogP contribution >= 0.6 is 0 Å². The van der Waals surface area contributed by atoms with Crippen LogP contribution in [-0.2, 0) is 10.2 Å². The number of anilines is 1. The molecule has 1 amide bonds. The molecule has 1 saturated carbocycles. The number of aromatic nitrogens is 3. The standard InChI is InChI=1S/C18H23N5O2/c1-18(9-11-20-16(18)24)17-23-22-15(25-17)13-8-5-10-19-14(13)21-12-6-3-2-4-7-12/h5,8,10,12H,2-4,6-7,9,11H2,1H3,(H,19,21)(H,20,24). The number of amides is 1. The lowest BCUT2D eigenvalue weighted by Gasteiger charge is -2.23. The van der Waals surface area contributed by atoms with Crippen LogP contribution in [0, 0.1) is 0 Å². The van der Waals surface area contributed by atoms with Crippen LogP contribution in [0.3, 0.4) is 0 Å². The number of hydrogen-bond donors (Lipinski definition) is 2. The molecule has 4 rings (SSSR count). The minimum absolute atomic E-state index is 0.0607. The fourth-order valence-electron chi connectivity index (χ4n) is 3.63. The molecule has 3 heterocycles. The van der Waals surface area contributed by atoms with Crippen LogP contribution in [0.2, 0.25) is 0 Å². The van der Waals surface area contributed by atoms with E-state index in [9.17, 15) is 4.79 Å². The SMILES string of the molecule is CC1(c2nnc(-c3cccnc3NC3CCCCC3)o2)CCNC1=O. The van der Waals surface area contributed by atoms with Crippen LogP contribution in [0.15, 0.2) is 22.7 Å². The molecule has 1 atom stereocenters. The van der Waals surface area contributed by atoms with Crippen molar-refractivity contribution in [1.82, 2.24) is 20.5 Å². The van der Waals surface area contributed by atoms with E-state index in [0.717, 1.165) is 24.2 Å². The van der Waals surface area contributed by atoms with E-state index >= 15 is 0 Å². The summed E-state index contributed by atoms with van der Waals surface area (Å²) in [4.78, 5) is 16.6. The number of carbonyl (C=O) groups excluding carboxylic acids is 1. The van der Waals surface area contributed by atoms with Gasteiger partial charge in [-0.05, 0) is 38.3 Å². The first-order valence-corrected chi connectivity index (χ1v) is 9.01. The molecule has 25 heavy (non-hydrogen) atoms. The number of carbonyl (C=O) groups is 1. The molecule has 2 N–H and O–H groups in total. The zero-order valence-electron chi connectivity index (χ0n) is 14.4. The molecule has 132 valence electrons. The van der Waals surface area contributed by atoms with Gasteiger partial charge in [0, 0.05) is 18.8 Å². The second-order valence-electron chi connectivity index (χ2n) is 7.13. The Hall–Kier alpha value is -2.44. The van der Waals surface area contributed by atoms with Crippen molar-refractivity contribution in [2.45, 2.75) is 56.9 Å². The number of nitrogens with zero attached hydrogens (tertiary/aromatic N) is 3. The molecule has 1 unspecified atom stereocenters. The molecule has 0 spiro atoms. The lowest BCUT2D eigenvalue weighted by Crippen LogP contribution is -2.32. The molecule has 1 aliphatic carbocycles. The van der Waals surface area contributed by atoms with Gasteiger partial charge >= 0.3 is 0 Å². The maximum Gasteiger partial charge on any atom is 0.251 e. The predicted octanol–water partition coefficient (Wildman–Crippen LogP) is 2.65. The second kappa shape index (κ2) is 6.46. The Labute approximate surface area is 146 Å². The molecule has 2 aromatic rings. The molecule has 7 heteroatoms. The van der Waals surface area contributed by atoms with Crippen LogP contribution in [0.25, 0.3) is 11.5 Å². The Morgan fingerprint density at radius 1 is 1.28 bits per heavy atom. The molecule has 7 nitrogen and oxygen atoms in total. The Balaban J connectivity index is 1.61. The van der Waals surface area contributed by atoms with Crippen molar-refractivity contribution in [1.29, 1.82) is 0 Å². The molecule has 2 aliphatic rings. The summed E-state index contributed by atoms with van der Waals surface area (Å²) in [7, 11) is 0. The van der Waals surface area contributed by atoms with E-state index in [2.05, 4.69) is 25.8 Å². The van der Waals surface area contributed by atoms with Gasteiger partial charge < -0.3 is 15.1 Å². The molecule has 0 radical (unpaired) electrons. The second-order valence-corrected chi connectivity index (χ2v) is 7.13. The summed E-state index contributed by atoms with van der Waals surface area (Å²) in [6.07, 6.45) is 8.54. The smallest absolute Gasteiger partial charge is 0.251 e. The molecule has 2 aromatic heterocycles. The Kier molecular flexibility index (Phi) is 4.15. The van der Waals surface area contributed by atoms with Gasteiger partial charge in [0.1, 0.15) is 11.2 Å². The fraction of sp³-hybridized carbons (Fsp3) is 0.556. The summed E-state index contributed by atoms with van der Waals surface area (Å²) in [5.74, 6) is 1.48. The highest BCUT2D eigenvalue weighted by Gasteiger charge is 2.44. The zero-order valence-corrected chi connectivity index (χ0v) is 14.4. The first-order chi connectivity index (χ1) is 12.2. The highest BCUT2D eigenvalue weighted by atomic mass is 16.4. The van der Waals surface area contributed by atoms with Crippen LogP contribution < -0.4 is 10.6 Å². The van der Waals surface area contributed by atoms with Crippen molar-refractivity contribution in [3.05, 3.63) is 24.2 Å². The summed E-state index contributed by atoms with van der Waals surface area (Å²) >= 11 is 0. The highest BCUT2D eigenvalue weighted by Crippen LogP contribution is 2.34. The molecular weight excluding hydrogens is 318 g/mol. The topological polar surface area (TPSA) is 92.9 Å². The van der Waals surface area contributed by atoms with Gasteiger partial charge in [-0.1, -0.05) is 19.3 Å². The van der Waals surface area contributed by atoms with Crippen molar-refractivity contribution >= 4 is 11.7 Å². The molecular formula is C18H23N5O2. The van der Waals surface area contributed by atoms with Gasteiger partial charge in [0.2, 0.25) is 11.8 Å². The van der Waals surface area contributed by atoms with E-state index in [4.69, 9.17) is 4.42 Å². The van der Waals surface area contributed by atoms with Gasteiger partial charge in [0.25, 0.3) is 5.89 Å². The van der Waals surface area contributed by atoms with E-state index in [1.54, 1.807) is 6.20 Å². The Morgan fingerprint density at radius 3 is 2.88 bits per heavy atom. The predicted molar refractivity (Wildman–Crippen MR) is 93.0 cm³/mol. The summed E-state index contributed by atoms with van der Waals surface area (Å²) in [6.45, 7) is 2.48. The van der Waals surface area contributed by atoms with Gasteiger partial charge in [-0.3, -0.25) is 4.79 Å². The maximum atomic E-state index is 12.1. The third-order valence-electron chi connectivity index (χ3n) is 5.29. The molecule has 1 saturated heterocycles. The van der Waals surface area contributed by atoms with Gasteiger partial charge in [-0.15, -0.1) is 10.2 Å². The van der Waals surface area contributed by atoms with Gasteiger partial charge in [-0.2, -0.15) is 0 Å². The van der Waals surface area contributed by atoms with Crippen molar-refractivity contribution in [3.8, 4) is 11.5 Å². The van der Waals surface area contributed by atoms with Crippen molar-refractivity contribution in [2.24, 2.45) is 0 Å². The largest absolute Gasteiger partial charge is 0.419 e. The average Bonchev–Trinajstić information content (AvgIpc) is 3.25. The van der Waals surface area contributed by atoms with E-state index < -0.39 is 5.41 Å². The van der Waals surface area contributed by atoms with E-state index in [1.807, 2.05) is 19.1 Å². The average molecular weight is 341 g/mol. The van der Waals surface area contributed by atoms with Gasteiger partial charge in [0.15, 0.2) is 0 Å². The minimum atomic E-state index is -0.746. The monoisotopic (exact) mass is 341 g/mol. The Bertz CT molecular complexity index is 768. The van der Waals surface area contributed by atoms with Crippen molar-refractivity contribution in [3.63, 3.8) is 0 Å². The van der Waals surface area contributed by atoms with Crippen molar-refractivity contribution in [2.75, 3.05) is 11.9 Å². The van der Waals surface area contributed by atoms with Crippen LogP contribution in [-0.4, -0.2) is 33.7 Å². The minimum Gasteiger partial charge on any atom is -0.419 e. The first kappa shape index (κ1) is 16.1. The van der Waals surface area contributed by atoms with E-state index in [1.165, 1.54) is 19.3 Å².